The molecule has 1 aromatic heterocycles. The van der Waals surface area contributed by atoms with Gasteiger partial charge in [-0.25, -0.2) is 8.78 Å². The van der Waals surface area contributed by atoms with Crippen molar-refractivity contribution in [3.05, 3.63) is 29.8 Å². The van der Waals surface area contributed by atoms with E-state index in [0.29, 0.717) is 0 Å². The normalized spacial score (nSPS) is 14.4. The number of rotatable bonds is 8. The average molecular weight is 469 g/mol. The first-order valence-corrected chi connectivity index (χ1v) is 10.1. The van der Waals surface area contributed by atoms with Crippen LogP contribution in [0.25, 0.3) is 0 Å². The van der Waals surface area contributed by atoms with Gasteiger partial charge in [0.25, 0.3) is 6.43 Å². The third-order valence-corrected chi connectivity index (χ3v) is 5.87. The Morgan fingerprint density at radius 3 is 2.48 bits per heavy atom. The molecule has 0 atom stereocenters. The molecule has 1 aromatic carbocycles. The van der Waals surface area contributed by atoms with Gasteiger partial charge in [0.15, 0.2) is 5.16 Å². The molecule has 0 unspecified atom stereocenters. The number of halogens is 4. The zero-order chi connectivity index (χ0) is 19.2. The van der Waals surface area contributed by atoms with Gasteiger partial charge in [-0.2, -0.15) is 0 Å². The molecule has 0 amide bonds. The van der Waals surface area contributed by atoms with Crippen LogP contribution in [0.5, 0.6) is 0 Å². The smallest absolute Gasteiger partial charge is 0.263 e. The van der Waals surface area contributed by atoms with Crippen molar-refractivity contribution >= 4 is 48.2 Å². The number of anilines is 2. The van der Waals surface area contributed by atoms with E-state index in [2.05, 4.69) is 25.3 Å². The molecular formula is C18H28Cl2F2N6S. The largest absolute Gasteiger partial charge is 0.369 e. The second-order valence-corrected chi connectivity index (χ2v) is 7.60. The zero-order valence-electron chi connectivity index (χ0n) is 16.6. The molecule has 1 aliphatic rings. The van der Waals surface area contributed by atoms with Gasteiger partial charge in [-0.3, -0.25) is 9.47 Å². The zero-order valence-corrected chi connectivity index (χ0v) is 19.0. The van der Waals surface area contributed by atoms with Gasteiger partial charge in [0.1, 0.15) is 0 Å². The number of nitrogens with zero attached hydrogens (tertiary/aromatic N) is 5. The monoisotopic (exact) mass is 468 g/mol. The number of thioether (sulfide) groups is 1. The van der Waals surface area contributed by atoms with Gasteiger partial charge in [0.05, 0.1) is 0 Å². The van der Waals surface area contributed by atoms with Crippen LogP contribution >= 0.6 is 36.6 Å². The fourth-order valence-corrected chi connectivity index (χ4v) is 4.03. The summed E-state index contributed by atoms with van der Waals surface area (Å²) >= 11 is 1.71. The number of aromatic nitrogens is 3. The fourth-order valence-electron chi connectivity index (χ4n) is 3.20. The van der Waals surface area contributed by atoms with Gasteiger partial charge in [0, 0.05) is 57.3 Å². The van der Waals surface area contributed by atoms with Crippen LogP contribution in [0.15, 0.2) is 29.4 Å². The molecule has 0 radical (unpaired) electrons. The van der Waals surface area contributed by atoms with Gasteiger partial charge in [-0.15, -0.1) is 35.0 Å². The summed E-state index contributed by atoms with van der Waals surface area (Å²) in [6, 6.07) is 6.72. The van der Waals surface area contributed by atoms with Crippen LogP contribution in [0, 0.1) is 0 Å². The first kappa shape index (κ1) is 25.7. The summed E-state index contributed by atoms with van der Waals surface area (Å²) in [7, 11) is 3.79. The highest BCUT2D eigenvalue weighted by molar-refractivity contribution is 7.99. The summed E-state index contributed by atoms with van der Waals surface area (Å²) < 4.78 is 27.7. The molecule has 0 spiro atoms. The van der Waals surface area contributed by atoms with Gasteiger partial charge < -0.3 is 10.2 Å². The van der Waals surface area contributed by atoms with E-state index < -0.39 is 6.43 Å². The van der Waals surface area contributed by atoms with E-state index in [0.717, 1.165) is 61.7 Å². The van der Waals surface area contributed by atoms with Crippen molar-refractivity contribution in [2.75, 3.05) is 55.7 Å². The van der Waals surface area contributed by atoms with Crippen molar-refractivity contribution < 1.29 is 8.78 Å². The Kier molecular flexibility index (Phi) is 11.0. The Balaban J connectivity index is 0.00000210. The predicted octanol–water partition coefficient (Wildman–Crippen LogP) is 3.94. The van der Waals surface area contributed by atoms with Crippen LogP contribution in [-0.4, -0.2) is 65.2 Å². The lowest BCUT2D eigenvalue weighted by atomic mass is 10.1. The number of piperazine rings is 1. The first-order valence-electron chi connectivity index (χ1n) is 9.14. The molecule has 6 nitrogen and oxygen atoms in total. The molecule has 1 saturated heterocycles. The standard InChI is InChI=1S/C18H26F2N6S.2ClH/c1-21-17-22-23-18(24(17)2)27-12-4-7-25-8-10-26(11-9-25)15-6-3-5-14(13-15)16(19)20;;/h3,5-6,13,16H,4,7-12H2,1-2H3,(H,21,22);2*1H. The van der Waals surface area contributed by atoms with Crippen LogP contribution in [0.2, 0.25) is 0 Å². The predicted molar refractivity (Wildman–Crippen MR) is 120 cm³/mol. The number of hydrogen-bond acceptors (Lipinski definition) is 6. The van der Waals surface area contributed by atoms with Crippen molar-refractivity contribution in [3.8, 4) is 0 Å². The number of hydrogen-bond donors (Lipinski definition) is 1. The quantitative estimate of drug-likeness (QED) is 0.467. The first-order chi connectivity index (χ1) is 13.1. The molecule has 0 saturated carbocycles. The number of alkyl halides is 2. The van der Waals surface area contributed by atoms with E-state index in [-0.39, 0.29) is 30.4 Å². The van der Waals surface area contributed by atoms with Crippen LogP contribution in [0.1, 0.15) is 18.4 Å². The minimum atomic E-state index is -2.41. The summed E-state index contributed by atoms with van der Waals surface area (Å²) in [6.07, 6.45) is -1.34. The summed E-state index contributed by atoms with van der Waals surface area (Å²) in [4.78, 5) is 4.62. The highest BCUT2D eigenvalue weighted by Gasteiger charge is 2.18. The lowest BCUT2D eigenvalue weighted by molar-refractivity contribution is 0.151. The van der Waals surface area contributed by atoms with Gasteiger partial charge >= 0.3 is 0 Å². The number of benzene rings is 1. The van der Waals surface area contributed by atoms with Crippen LogP contribution in [0.3, 0.4) is 0 Å². The molecule has 2 aromatic rings. The molecule has 2 heterocycles. The van der Waals surface area contributed by atoms with E-state index >= 15 is 0 Å². The fraction of sp³-hybridized carbons (Fsp3) is 0.556. The van der Waals surface area contributed by atoms with Crippen molar-refractivity contribution in [2.24, 2.45) is 7.05 Å². The third kappa shape index (κ3) is 6.87. The van der Waals surface area contributed by atoms with Gasteiger partial charge in [-0.05, 0) is 25.1 Å². The van der Waals surface area contributed by atoms with Crippen LogP contribution in [0.4, 0.5) is 20.4 Å². The lowest BCUT2D eigenvalue weighted by Crippen LogP contribution is -2.46. The van der Waals surface area contributed by atoms with E-state index in [1.54, 1.807) is 23.9 Å². The second-order valence-electron chi connectivity index (χ2n) is 6.54. The third-order valence-electron chi connectivity index (χ3n) is 4.77. The van der Waals surface area contributed by atoms with Crippen molar-refractivity contribution in [3.63, 3.8) is 0 Å². The molecule has 0 aliphatic carbocycles. The molecular weight excluding hydrogens is 441 g/mol. The lowest BCUT2D eigenvalue weighted by Gasteiger charge is -2.36. The Morgan fingerprint density at radius 2 is 1.86 bits per heavy atom. The highest BCUT2D eigenvalue weighted by atomic mass is 35.5. The maximum atomic E-state index is 12.9. The highest BCUT2D eigenvalue weighted by Crippen LogP contribution is 2.25. The van der Waals surface area contributed by atoms with E-state index in [9.17, 15) is 8.78 Å². The van der Waals surface area contributed by atoms with Crippen molar-refractivity contribution in [1.82, 2.24) is 19.7 Å². The van der Waals surface area contributed by atoms with Gasteiger partial charge in [0.2, 0.25) is 5.95 Å². The van der Waals surface area contributed by atoms with Crippen LogP contribution < -0.4 is 10.2 Å². The number of nitrogens with one attached hydrogen (secondary N) is 1. The van der Waals surface area contributed by atoms with Crippen molar-refractivity contribution in [1.29, 1.82) is 0 Å². The topological polar surface area (TPSA) is 49.2 Å². The maximum Gasteiger partial charge on any atom is 0.263 e. The van der Waals surface area contributed by atoms with E-state index in [1.165, 1.54) is 6.07 Å². The van der Waals surface area contributed by atoms with E-state index in [4.69, 9.17) is 0 Å². The molecule has 1 aliphatic heterocycles. The minimum absolute atomic E-state index is 0. The Labute approximate surface area is 187 Å². The maximum absolute atomic E-state index is 12.9. The van der Waals surface area contributed by atoms with Crippen molar-refractivity contribution in [2.45, 2.75) is 18.0 Å². The molecule has 11 heteroatoms. The SMILES string of the molecule is CNc1nnc(SCCCN2CCN(c3cccc(C(F)F)c3)CC2)n1C.Cl.Cl. The van der Waals surface area contributed by atoms with Crippen LogP contribution in [-0.2, 0) is 7.05 Å². The molecule has 29 heavy (non-hydrogen) atoms. The summed E-state index contributed by atoms with van der Waals surface area (Å²) in [5.74, 6) is 1.76. The van der Waals surface area contributed by atoms with Gasteiger partial charge in [-0.1, -0.05) is 23.9 Å². The molecule has 3 rings (SSSR count). The minimum Gasteiger partial charge on any atom is -0.369 e. The molecule has 1 N–H and O–H groups in total. The summed E-state index contributed by atoms with van der Waals surface area (Å²) in [5, 5.41) is 12.2. The molecule has 1 fully saturated rings. The second kappa shape index (κ2) is 12.4. The Bertz CT molecular complexity index is 741. The van der Waals surface area contributed by atoms with E-state index in [1.807, 2.05) is 24.7 Å². The Morgan fingerprint density at radius 1 is 1.14 bits per heavy atom. The summed E-state index contributed by atoms with van der Waals surface area (Å²) in [6.45, 7) is 4.69. The average Bonchev–Trinajstić information content (AvgIpc) is 3.05. The summed E-state index contributed by atoms with van der Waals surface area (Å²) in [5.41, 5.74) is 0.989. The Hall–Kier alpha value is -1.29. The molecule has 0 bridgehead atoms. The molecule has 164 valence electrons.